The first-order chi connectivity index (χ1) is 15.4. The first-order valence-corrected chi connectivity index (χ1v) is 10.8. The number of rotatable bonds is 8. The summed E-state index contributed by atoms with van der Waals surface area (Å²) in [6.07, 6.45) is 0. The predicted molar refractivity (Wildman–Crippen MR) is 122 cm³/mol. The molecule has 0 aliphatic rings. The summed E-state index contributed by atoms with van der Waals surface area (Å²) < 4.78 is 10.4. The third-order valence-corrected chi connectivity index (χ3v) is 5.21. The van der Waals surface area contributed by atoms with Gasteiger partial charge < -0.3 is 9.47 Å². The molecule has 0 bridgehead atoms. The second-order valence-electron chi connectivity index (χ2n) is 6.89. The van der Waals surface area contributed by atoms with Gasteiger partial charge >= 0.3 is 0 Å². The molecule has 0 atom stereocenters. The molecule has 32 heavy (non-hydrogen) atoms. The monoisotopic (exact) mass is 452 g/mol. The summed E-state index contributed by atoms with van der Waals surface area (Å²) in [6.45, 7) is 3.65. The molecule has 0 spiro atoms. The number of methoxy groups -OCH3 is 1. The van der Waals surface area contributed by atoms with Crippen molar-refractivity contribution in [2.45, 2.75) is 24.8 Å². The van der Waals surface area contributed by atoms with Gasteiger partial charge in [0.25, 0.3) is 11.8 Å². The van der Waals surface area contributed by atoms with E-state index < -0.39 is 11.8 Å². The van der Waals surface area contributed by atoms with E-state index in [2.05, 4.69) is 20.8 Å². The van der Waals surface area contributed by atoms with Gasteiger partial charge in [-0.15, -0.1) is 0 Å². The highest BCUT2D eigenvalue weighted by Crippen LogP contribution is 2.20. The molecule has 0 aliphatic carbocycles. The molecule has 2 amide bonds. The zero-order valence-electron chi connectivity index (χ0n) is 18.0. The fraction of sp³-hybridized carbons (Fsp3) is 0.217. The maximum atomic E-state index is 12.3. The number of benzene rings is 2. The molecule has 1 aromatic heterocycles. The second kappa shape index (κ2) is 11.1. The number of aromatic nitrogens is 2. The van der Waals surface area contributed by atoms with Gasteiger partial charge in [-0.25, -0.2) is 9.97 Å². The third kappa shape index (κ3) is 6.98. The molecule has 1 heterocycles. The number of hydrogen-bond donors (Lipinski definition) is 2. The minimum atomic E-state index is -0.476. The van der Waals surface area contributed by atoms with Gasteiger partial charge in [0.15, 0.2) is 11.8 Å². The molecular weight excluding hydrogens is 428 g/mol. The predicted octanol–water partition coefficient (Wildman–Crippen LogP) is 3.23. The van der Waals surface area contributed by atoms with Crippen LogP contribution in [-0.2, 0) is 10.5 Å². The second-order valence-corrected chi connectivity index (χ2v) is 7.83. The smallest absolute Gasteiger partial charge is 0.276 e. The minimum Gasteiger partial charge on any atom is -0.497 e. The quantitative estimate of drug-likeness (QED) is 0.307. The first-order valence-electron chi connectivity index (χ1n) is 9.83. The molecule has 3 rings (SSSR count). The van der Waals surface area contributed by atoms with Crippen molar-refractivity contribution in [2.75, 3.05) is 13.7 Å². The van der Waals surface area contributed by atoms with Crippen molar-refractivity contribution in [3.8, 4) is 11.5 Å². The fourth-order valence-electron chi connectivity index (χ4n) is 2.71. The Morgan fingerprint density at radius 2 is 1.53 bits per heavy atom. The number of hydrogen-bond acceptors (Lipinski definition) is 7. The Hall–Kier alpha value is -3.59. The lowest BCUT2D eigenvalue weighted by Gasteiger charge is -2.09. The van der Waals surface area contributed by atoms with Crippen LogP contribution in [-0.4, -0.2) is 35.5 Å². The summed E-state index contributed by atoms with van der Waals surface area (Å²) in [5.41, 5.74) is 8.05. The molecular formula is C23H24N4O4S. The van der Waals surface area contributed by atoms with Gasteiger partial charge in [-0.05, 0) is 61.9 Å². The van der Waals surface area contributed by atoms with E-state index in [4.69, 9.17) is 9.47 Å². The van der Waals surface area contributed by atoms with Crippen LogP contribution in [0.5, 0.6) is 11.5 Å². The Kier molecular flexibility index (Phi) is 8.04. The van der Waals surface area contributed by atoms with E-state index >= 15 is 0 Å². The van der Waals surface area contributed by atoms with Gasteiger partial charge in [-0.1, -0.05) is 23.9 Å². The number of amides is 2. The lowest BCUT2D eigenvalue weighted by Crippen LogP contribution is -2.43. The number of nitrogens with zero attached hydrogens (tertiary/aromatic N) is 2. The van der Waals surface area contributed by atoms with Gasteiger partial charge in [0.1, 0.15) is 11.5 Å². The van der Waals surface area contributed by atoms with E-state index in [1.165, 1.54) is 11.8 Å². The van der Waals surface area contributed by atoms with Crippen LogP contribution in [0.3, 0.4) is 0 Å². The summed E-state index contributed by atoms with van der Waals surface area (Å²) in [4.78, 5) is 33.0. The van der Waals surface area contributed by atoms with E-state index in [0.717, 1.165) is 22.1 Å². The van der Waals surface area contributed by atoms with Crippen LogP contribution in [0.15, 0.2) is 59.8 Å². The molecule has 3 aromatic rings. The van der Waals surface area contributed by atoms with Gasteiger partial charge in [-0.3, -0.25) is 20.4 Å². The molecule has 0 saturated carbocycles. The molecule has 166 valence electrons. The summed E-state index contributed by atoms with van der Waals surface area (Å²) in [7, 11) is 1.57. The largest absolute Gasteiger partial charge is 0.497 e. The van der Waals surface area contributed by atoms with E-state index in [1.54, 1.807) is 43.5 Å². The van der Waals surface area contributed by atoms with Gasteiger partial charge in [0, 0.05) is 22.7 Å². The van der Waals surface area contributed by atoms with E-state index in [-0.39, 0.29) is 6.61 Å². The van der Waals surface area contributed by atoms with Crippen LogP contribution in [0, 0.1) is 13.8 Å². The van der Waals surface area contributed by atoms with Crippen LogP contribution < -0.4 is 20.3 Å². The zero-order valence-corrected chi connectivity index (χ0v) is 18.9. The summed E-state index contributed by atoms with van der Waals surface area (Å²) in [5, 5.41) is 0.726. The number of carbonyl (C=O) groups is 2. The van der Waals surface area contributed by atoms with Crippen molar-refractivity contribution in [1.82, 2.24) is 20.8 Å². The van der Waals surface area contributed by atoms with Crippen molar-refractivity contribution < 1.29 is 19.1 Å². The van der Waals surface area contributed by atoms with Crippen molar-refractivity contribution >= 4 is 23.6 Å². The lowest BCUT2D eigenvalue weighted by atomic mass is 10.1. The Bertz CT molecular complexity index is 1050. The average molecular weight is 453 g/mol. The normalized spacial score (nSPS) is 10.3. The highest BCUT2D eigenvalue weighted by atomic mass is 32.2. The standard InChI is InChI=1S/C23H24N4O4S/c1-15-12-16(2)25-23(24-15)32-14-17-4-6-18(7-5-17)22(29)27-26-21(28)13-31-20-10-8-19(30-3)9-11-20/h4-12H,13-14H2,1-3H3,(H,26,28)(H,27,29). The summed E-state index contributed by atoms with van der Waals surface area (Å²) >= 11 is 1.54. The Balaban J connectivity index is 1.43. The zero-order chi connectivity index (χ0) is 22.9. The molecule has 0 radical (unpaired) electrons. The molecule has 0 aliphatic heterocycles. The van der Waals surface area contributed by atoms with Crippen molar-refractivity contribution in [3.63, 3.8) is 0 Å². The van der Waals surface area contributed by atoms with Crippen LogP contribution in [0.25, 0.3) is 0 Å². The number of ether oxygens (including phenoxy) is 2. The number of hydrazine groups is 1. The third-order valence-electron chi connectivity index (χ3n) is 4.29. The fourth-order valence-corrected chi connectivity index (χ4v) is 3.62. The molecule has 2 N–H and O–H groups in total. The molecule has 8 nitrogen and oxygen atoms in total. The van der Waals surface area contributed by atoms with Gasteiger partial charge in [0.2, 0.25) is 0 Å². The van der Waals surface area contributed by atoms with Crippen LogP contribution >= 0.6 is 11.8 Å². The van der Waals surface area contributed by atoms with Crippen molar-refractivity contribution in [1.29, 1.82) is 0 Å². The van der Waals surface area contributed by atoms with E-state index in [9.17, 15) is 9.59 Å². The molecule has 0 unspecified atom stereocenters. The Labute approximate surface area is 190 Å². The number of aryl methyl sites for hydroxylation is 2. The highest BCUT2D eigenvalue weighted by molar-refractivity contribution is 7.98. The summed E-state index contributed by atoms with van der Waals surface area (Å²) in [6, 6.07) is 15.9. The maximum absolute atomic E-state index is 12.3. The lowest BCUT2D eigenvalue weighted by molar-refractivity contribution is -0.123. The topological polar surface area (TPSA) is 102 Å². The molecule has 9 heteroatoms. The van der Waals surface area contributed by atoms with Crippen LogP contribution in [0.1, 0.15) is 27.3 Å². The van der Waals surface area contributed by atoms with Gasteiger partial charge in [-0.2, -0.15) is 0 Å². The van der Waals surface area contributed by atoms with E-state index in [0.29, 0.717) is 22.8 Å². The average Bonchev–Trinajstić information content (AvgIpc) is 2.80. The van der Waals surface area contributed by atoms with Crippen molar-refractivity contribution in [2.24, 2.45) is 0 Å². The molecule has 0 fully saturated rings. The van der Waals surface area contributed by atoms with Crippen LogP contribution in [0.2, 0.25) is 0 Å². The number of nitrogens with one attached hydrogen (secondary N) is 2. The van der Waals surface area contributed by atoms with Crippen LogP contribution in [0.4, 0.5) is 0 Å². The molecule has 2 aromatic carbocycles. The molecule has 0 saturated heterocycles. The Morgan fingerprint density at radius 3 is 2.16 bits per heavy atom. The SMILES string of the molecule is COc1ccc(OCC(=O)NNC(=O)c2ccc(CSc3nc(C)cc(C)n3)cc2)cc1. The highest BCUT2D eigenvalue weighted by Gasteiger charge is 2.09. The Morgan fingerprint density at radius 1 is 0.906 bits per heavy atom. The van der Waals surface area contributed by atoms with E-state index in [1.807, 2.05) is 32.0 Å². The maximum Gasteiger partial charge on any atom is 0.276 e. The number of thioether (sulfide) groups is 1. The first kappa shape index (κ1) is 23.1. The van der Waals surface area contributed by atoms with Crippen molar-refractivity contribution in [3.05, 3.63) is 77.1 Å². The van der Waals surface area contributed by atoms with Gasteiger partial charge in [0.05, 0.1) is 7.11 Å². The minimum absolute atomic E-state index is 0.233. The summed E-state index contributed by atoms with van der Waals surface area (Å²) in [5.74, 6) is 1.00. The number of carbonyl (C=O) groups excluding carboxylic acids is 2.